The first-order valence-corrected chi connectivity index (χ1v) is 9.44. The van der Waals surface area contributed by atoms with Gasteiger partial charge in [-0.1, -0.05) is 49.7 Å². The van der Waals surface area contributed by atoms with E-state index in [9.17, 15) is 9.90 Å². The van der Waals surface area contributed by atoms with Crippen molar-refractivity contribution in [2.75, 3.05) is 0 Å². The Bertz CT molecular complexity index is 964. The molecule has 7 heteroatoms. The number of thioether (sulfide) groups is 1. The Balaban J connectivity index is 1.80. The Morgan fingerprint density at radius 3 is 2.37 bits per heavy atom. The summed E-state index contributed by atoms with van der Waals surface area (Å²) in [6.45, 7) is 4.22. The van der Waals surface area contributed by atoms with Gasteiger partial charge in [0.15, 0.2) is 0 Å². The molecule has 0 aliphatic rings. The van der Waals surface area contributed by atoms with E-state index in [4.69, 9.17) is 16.0 Å². The van der Waals surface area contributed by atoms with Crippen LogP contribution in [-0.2, 0) is 4.79 Å². The summed E-state index contributed by atoms with van der Waals surface area (Å²) >= 11 is 6.78. The van der Waals surface area contributed by atoms with Crippen LogP contribution in [0.3, 0.4) is 0 Å². The third-order valence-electron chi connectivity index (χ3n) is 3.81. The van der Waals surface area contributed by atoms with Crippen LogP contribution in [0.4, 0.5) is 0 Å². The highest BCUT2D eigenvalue weighted by atomic mass is 35.5. The van der Waals surface area contributed by atoms with Crippen molar-refractivity contribution in [1.82, 2.24) is 10.2 Å². The summed E-state index contributed by atoms with van der Waals surface area (Å²) in [5, 5.41) is 18.2. The summed E-state index contributed by atoms with van der Waals surface area (Å²) in [7, 11) is 0. The van der Waals surface area contributed by atoms with Gasteiger partial charge < -0.3 is 9.52 Å². The molecule has 0 spiro atoms. The molecule has 0 saturated carbocycles. The molecule has 138 valence electrons. The maximum atomic E-state index is 11.6. The molecular formula is C20H17ClN2O3S. The molecule has 0 unspecified atom stereocenters. The number of nitrogens with zero attached hydrogens (tertiary/aromatic N) is 2. The lowest BCUT2D eigenvalue weighted by atomic mass is 10.0. The molecule has 1 N–H and O–H groups in total. The Labute approximate surface area is 166 Å². The molecule has 3 rings (SSSR count). The molecule has 0 radical (unpaired) electrons. The van der Waals surface area contributed by atoms with Gasteiger partial charge in [0.1, 0.15) is 4.91 Å². The smallest absolute Gasteiger partial charge is 0.342 e. The Kier molecular flexibility index (Phi) is 5.98. The van der Waals surface area contributed by atoms with Gasteiger partial charge in [0, 0.05) is 10.6 Å². The van der Waals surface area contributed by atoms with Crippen LogP contribution in [0.5, 0.6) is 0 Å². The molecule has 0 fully saturated rings. The summed E-state index contributed by atoms with van der Waals surface area (Å²) in [5.41, 5.74) is 2.70. The largest absolute Gasteiger partial charge is 0.477 e. The molecule has 3 aromatic rings. The molecule has 27 heavy (non-hydrogen) atoms. The van der Waals surface area contributed by atoms with Gasteiger partial charge in [-0.25, -0.2) is 4.79 Å². The van der Waals surface area contributed by atoms with Crippen LogP contribution in [0.1, 0.15) is 30.9 Å². The van der Waals surface area contributed by atoms with Gasteiger partial charge in [0.05, 0.1) is 0 Å². The minimum atomic E-state index is -1.06. The molecule has 2 aromatic carbocycles. The predicted octanol–water partition coefficient (Wildman–Crippen LogP) is 5.73. The minimum Gasteiger partial charge on any atom is -0.477 e. The van der Waals surface area contributed by atoms with Crippen LogP contribution in [0.25, 0.3) is 17.5 Å². The fraction of sp³-hybridized carbons (Fsp3) is 0.150. The van der Waals surface area contributed by atoms with Gasteiger partial charge in [-0.3, -0.25) is 0 Å². The molecule has 0 saturated heterocycles. The van der Waals surface area contributed by atoms with E-state index in [2.05, 4.69) is 24.0 Å². The lowest BCUT2D eigenvalue weighted by molar-refractivity contribution is -0.131. The summed E-state index contributed by atoms with van der Waals surface area (Å²) in [6, 6.07) is 14.7. The van der Waals surface area contributed by atoms with E-state index in [1.165, 1.54) is 5.56 Å². The second kappa shape index (κ2) is 8.41. The van der Waals surface area contributed by atoms with Crippen LogP contribution in [-0.4, -0.2) is 21.3 Å². The van der Waals surface area contributed by atoms with Crippen molar-refractivity contribution in [3.8, 4) is 11.5 Å². The highest BCUT2D eigenvalue weighted by Gasteiger charge is 2.16. The minimum absolute atomic E-state index is 0.0959. The predicted molar refractivity (Wildman–Crippen MR) is 107 cm³/mol. The van der Waals surface area contributed by atoms with Crippen molar-refractivity contribution >= 4 is 35.4 Å². The highest BCUT2D eigenvalue weighted by molar-refractivity contribution is 8.03. The fourth-order valence-corrected chi connectivity index (χ4v) is 3.12. The Morgan fingerprint density at radius 2 is 1.78 bits per heavy atom. The fourth-order valence-electron chi connectivity index (χ4n) is 2.32. The van der Waals surface area contributed by atoms with Crippen LogP contribution < -0.4 is 0 Å². The normalized spacial score (nSPS) is 11.8. The van der Waals surface area contributed by atoms with E-state index < -0.39 is 5.97 Å². The standard InChI is InChI=1S/C20H17ClN2O3S/c1-12(2)14-5-3-13(4-6-14)11-17(19(24)25)27-20-23-22-18(26-20)15-7-9-16(21)10-8-15/h3-12H,1-2H3,(H,24,25)/b17-11-. The number of carboxylic acids is 1. The zero-order chi connectivity index (χ0) is 19.4. The first-order valence-electron chi connectivity index (χ1n) is 8.24. The maximum Gasteiger partial charge on any atom is 0.342 e. The molecule has 0 atom stereocenters. The van der Waals surface area contributed by atoms with E-state index in [1.54, 1.807) is 30.3 Å². The number of hydrogen-bond donors (Lipinski definition) is 1. The van der Waals surface area contributed by atoms with E-state index in [0.29, 0.717) is 22.4 Å². The average molecular weight is 401 g/mol. The van der Waals surface area contributed by atoms with Crippen molar-refractivity contribution in [1.29, 1.82) is 0 Å². The van der Waals surface area contributed by atoms with Crippen LogP contribution >= 0.6 is 23.4 Å². The Hall–Kier alpha value is -2.57. The zero-order valence-electron chi connectivity index (χ0n) is 14.7. The summed E-state index contributed by atoms with van der Waals surface area (Å²) < 4.78 is 5.57. The van der Waals surface area contributed by atoms with Crippen molar-refractivity contribution < 1.29 is 14.3 Å². The number of aromatic nitrogens is 2. The molecule has 0 aliphatic carbocycles. The van der Waals surface area contributed by atoms with Crippen LogP contribution in [0.2, 0.25) is 5.02 Å². The number of rotatable bonds is 6. The second-order valence-corrected chi connectivity index (χ2v) is 7.55. The lowest BCUT2D eigenvalue weighted by Gasteiger charge is -2.05. The van der Waals surface area contributed by atoms with E-state index in [1.807, 2.05) is 24.3 Å². The summed E-state index contributed by atoms with van der Waals surface area (Å²) in [4.78, 5) is 11.7. The number of benzene rings is 2. The van der Waals surface area contributed by atoms with Crippen LogP contribution in [0, 0.1) is 0 Å². The molecular weight excluding hydrogens is 384 g/mol. The van der Waals surface area contributed by atoms with E-state index in [0.717, 1.165) is 17.3 Å². The number of halogens is 1. The zero-order valence-corrected chi connectivity index (χ0v) is 16.3. The van der Waals surface area contributed by atoms with Gasteiger partial charge >= 0.3 is 5.97 Å². The molecule has 0 amide bonds. The summed E-state index contributed by atoms with van der Waals surface area (Å²) in [6.07, 6.45) is 1.59. The van der Waals surface area contributed by atoms with Crippen molar-refractivity contribution in [3.05, 3.63) is 69.6 Å². The molecule has 1 aromatic heterocycles. The second-order valence-electron chi connectivity index (χ2n) is 6.12. The third-order valence-corrected chi connectivity index (χ3v) is 4.91. The molecule has 0 bridgehead atoms. The number of hydrogen-bond acceptors (Lipinski definition) is 5. The van der Waals surface area contributed by atoms with E-state index >= 15 is 0 Å². The van der Waals surface area contributed by atoms with Crippen LogP contribution in [0.15, 0.2) is 63.1 Å². The first kappa shape index (κ1) is 19.2. The van der Waals surface area contributed by atoms with Gasteiger partial charge in [0.2, 0.25) is 5.89 Å². The number of carboxylic acid groups (broad SMARTS) is 1. The lowest BCUT2D eigenvalue weighted by Crippen LogP contribution is -1.97. The molecule has 0 aliphatic heterocycles. The summed E-state index contributed by atoms with van der Waals surface area (Å²) in [5.74, 6) is -0.333. The van der Waals surface area contributed by atoms with Gasteiger partial charge in [-0.05, 0) is 59.1 Å². The molecule has 5 nitrogen and oxygen atoms in total. The van der Waals surface area contributed by atoms with E-state index in [-0.39, 0.29) is 10.1 Å². The first-order chi connectivity index (χ1) is 12.9. The van der Waals surface area contributed by atoms with Gasteiger partial charge in [-0.15, -0.1) is 10.2 Å². The Morgan fingerprint density at radius 1 is 1.11 bits per heavy atom. The van der Waals surface area contributed by atoms with Crippen molar-refractivity contribution in [2.24, 2.45) is 0 Å². The van der Waals surface area contributed by atoms with Gasteiger partial charge in [-0.2, -0.15) is 0 Å². The topological polar surface area (TPSA) is 76.2 Å². The van der Waals surface area contributed by atoms with Crippen molar-refractivity contribution in [3.63, 3.8) is 0 Å². The molecule has 1 heterocycles. The SMILES string of the molecule is CC(C)c1ccc(/C=C(\Sc2nnc(-c3ccc(Cl)cc3)o2)C(=O)O)cc1. The number of aliphatic carboxylic acids is 1. The van der Waals surface area contributed by atoms with Gasteiger partial charge in [0.25, 0.3) is 5.22 Å². The average Bonchev–Trinajstić information content (AvgIpc) is 3.10. The monoisotopic (exact) mass is 400 g/mol. The maximum absolute atomic E-state index is 11.6. The quantitative estimate of drug-likeness (QED) is 0.420. The third kappa shape index (κ3) is 4.99. The number of carbonyl (C=O) groups is 1. The van der Waals surface area contributed by atoms with Crippen molar-refractivity contribution in [2.45, 2.75) is 25.0 Å². The highest BCUT2D eigenvalue weighted by Crippen LogP contribution is 2.30.